The molecule has 3 amide bonds. The second kappa shape index (κ2) is 7.97. The molecule has 32 heavy (non-hydrogen) atoms. The van der Waals surface area contributed by atoms with Gasteiger partial charge in [-0.1, -0.05) is 36.4 Å². The monoisotopic (exact) mass is 433 g/mol. The van der Waals surface area contributed by atoms with Crippen molar-refractivity contribution < 1.29 is 19.1 Å². The molecule has 0 bridgehead atoms. The van der Waals surface area contributed by atoms with Gasteiger partial charge in [-0.3, -0.25) is 14.4 Å². The minimum Gasteiger partial charge on any atom is -0.467 e. The predicted molar refractivity (Wildman–Crippen MR) is 118 cm³/mol. The van der Waals surface area contributed by atoms with E-state index >= 15 is 0 Å². The first-order valence-electron chi connectivity index (χ1n) is 11.2. The summed E-state index contributed by atoms with van der Waals surface area (Å²) in [6, 6.07) is 14.7. The Morgan fingerprint density at radius 1 is 1.00 bits per heavy atom. The maximum absolute atomic E-state index is 13.3. The number of amides is 3. The molecule has 5 rings (SSSR count). The zero-order valence-corrected chi connectivity index (χ0v) is 18.2. The molecule has 2 atom stereocenters. The Bertz CT molecular complexity index is 1080. The van der Waals surface area contributed by atoms with E-state index in [1.54, 1.807) is 30.0 Å². The van der Waals surface area contributed by atoms with Gasteiger partial charge in [-0.2, -0.15) is 0 Å². The topological polar surface area (TPSA) is 79.0 Å². The van der Waals surface area contributed by atoms with Crippen molar-refractivity contribution in [3.05, 3.63) is 65.2 Å². The Balaban J connectivity index is 1.30. The Labute approximate surface area is 187 Å². The zero-order valence-electron chi connectivity index (χ0n) is 18.2. The van der Waals surface area contributed by atoms with Gasteiger partial charge in [0.15, 0.2) is 5.72 Å². The molecule has 1 N–H and O–H groups in total. The minimum atomic E-state index is -0.928. The standard InChI is InChI=1S/C25H27N3O4/c1-17(24(31)27-14-11-18-6-2-3-7-19(18)16-27)28-15-13-25(12-10-22(28)29)26-23(30)20-8-4-5-9-21(20)32-25/h2-9,17H,10-16H2,1H3,(H,26,30). The number of carbonyl (C=O) groups is 3. The highest BCUT2D eigenvalue weighted by Crippen LogP contribution is 2.34. The molecule has 166 valence electrons. The first-order valence-corrected chi connectivity index (χ1v) is 11.2. The molecule has 1 saturated heterocycles. The summed E-state index contributed by atoms with van der Waals surface area (Å²) < 4.78 is 6.20. The van der Waals surface area contributed by atoms with Crippen LogP contribution < -0.4 is 10.1 Å². The number of benzene rings is 2. The van der Waals surface area contributed by atoms with Crippen LogP contribution in [0.3, 0.4) is 0 Å². The van der Waals surface area contributed by atoms with Crippen LogP contribution in [-0.2, 0) is 22.6 Å². The van der Waals surface area contributed by atoms with Crippen molar-refractivity contribution in [1.29, 1.82) is 0 Å². The number of carbonyl (C=O) groups excluding carboxylic acids is 3. The Morgan fingerprint density at radius 2 is 1.75 bits per heavy atom. The first kappa shape index (κ1) is 20.5. The van der Waals surface area contributed by atoms with Crippen molar-refractivity contribution >= 4 is 17.7 Å². The van der Waals surface area contributed by atoms with Gasteiger partial charge >= 0.3 is 0 Å². The highest BCUT2D eigenvalue weighted by molar-refractivity contribution is 5.98. The molecule has 3 aliphatic rings. The third-order valence-corrected chi connectivity index (χ3v) is 6.87. The molecular formula is C25H27N3O4. The number of hydrogen-bond acceptors (Lipinski definition) is 4. The highest BCUT2D eigenvalue weighted by Gasteiger charge is 2.44. The van der Waals surface area contributed by atoms with E-state index in [1.165, 1.54) is 5.56 Å². The van der Waals surface area contributed by atoms with Gasteiger partial charge in [0, 0.05) is 38.9 Å². The second-order valence-corrected chi connectivity index (χ2v) is 8.84. The van der Waals surface area contributed by atoms with Gasteiger partial charge in [-0.25, -0.2) is 0 Å². The van der Waals surface area contributed by atoms with E-state index in [0.29, 0.717) is 43.8 Å². The number of rotatable bonds is 2. The maximum atomic E-state index is 13.3. The number of hydrogen-bond donors (Lipinski definition) is 1. The zero-order chi connectivity index (χ0) is 22.3. The average molecular weight is 434 g/mol. The third-order valence-electron chi connectivity index (χ3n) is 6.87. The van der Waals surface area contributed by atoms with Crippen LogP contribution in [0.2, 0.25) is 0 Å². The van der Waals surface area contributed by atoms with Crippen molar-refractivity contribution in [2.45, 2.75) is 50.9 Å². The lowest BCUT2D eigenvalue weighted by Gasteiger charge is -2.39. The van der Waals surface area contributed by atoms with Gasteiger partial charge in [0.1, 0.15) is 11.8 Å². The smallest absolute Gasteiger partial charge is 0.258 e. The van der Waals surface area contributed by atoms with E-state index < -0.39 is 11.8 Å². The number of ether oxygens (including phenoxy) is 1. The summed E-state index contributed by atoms with van der Waals surface area (Å²) >= 11 is 0. The summed E-state index contributed by atoms with van der Waals surface area (Å²) in [5.74, 6) is 0.219. The summed E-state index contributed by atoms with van der Waals surface area (Å²) in [7, 11) is 0. The van der Waals surface area contributed by atoms with Crippen molar-refractivity contribution in [3.8, 4) is 5.75 Å². The van der Waals surface area contributed by atoms with E-state index in [-0.39, 0.29) is 24.1 Å². The molecule has 2 aromatic carbocycles. The number of para-hydroxylation sites is 1. The fourth-order valence-corrected chi connectivity index (χ4v) is 4.97. The molecule has 7 nitrogen and oxygen atoms in total. The van der Waals surface area contributed by atoms with Gasteiger partial charge in [-0.15, -0.1) is 0 Å². The molecular weight excluding hydrogens is 406 g/mol. The van der Waals surface area contributed by atoms with Gasteiger partial charge in [-0.05, 0) is 36.6 Å². The summed E-state index contributed by atoms with van der Waals surface area (Å²) in [5.41, 5.74) is 2.02. The fourth-order valence-electron chi connectivity index (χ4n) is 4.97. The molecule has 0 aromatic heterocycles. The Kier molecular flexibility index (Phi) is 5.12. The third kappa shape index (κ3) is 3.61. The summed E-state index contributed by atoms with van der Waals surface area (Å²) in [6.45, 7) is 3.37. The van der Waals surface area contributed by atoms with Gasteiger partial charge in [0.25, 0.3) is 5.91 Å². The maximum Gasteiger partial charge on any atom is 0.258 e. The van der Waals surface area contributed by atoms with Crippen molar-refractivity contribution in [1.82, 2.24) is 15.1 Å². The summed E-state index contributed by atoms with van der Waals surface area (Å²) in [6.07, 6.45) is 1.84. The molecule has 0 aliphatic carbocycles. The highest BCUT2D eigenvalue weighted by atomic mass is 16.5. The SMILES string of the molecule is CC(C(=O)N1CCc2ccccc2C1)N1CCC2(CCC1=O)NC(=O)c1ccccc1O2. The Hall–Kier alpha value is -3.35. The lowest BCUT2D eigenvalue weighted by Crippen LogP contribution is -2.56. The summed E-state index contributed by atoms with van der Waals surface area (Å²) in [4.78, 5) is 42.4. The quantitative estimate of drug-likeness (QED) is 0.789. The lowest BCUT2D eigenvalue weighted by molar-refractivity contribution is -0.145. The first-order chi connectivity index (χ1) is 15.5. The van der Waals surface area contributed by atoms with Crippen molar-refractivity contribution in [2.75, 3.05) is 13.1 Å². The van der Waals surface area contributed by atoms with Crippen molar-refractivity contribution in [2.24, 2.45) is 0 Å². The van der Waals surface area contributed by atoms with Crippen LogP contribution in [0.25, 0.3) is 0 Å². The van der Waals surface area contributed by atoms with Gasteiger partial charge in [0.05, 0.1) is 5.56 Å². The molecule has 3 heterocycles. The predicted octanol–water partition coefficient (Wildman–Crippen LogP) is 2.49. The van der Waals surface area contributed by atoms with Gasteiger partial charge in [0.2, 0.25) is 11.8 Å². The molecule has 7 heteroatoms. The van der Waals surface area contributed by atoms with Gasteiger partial charge < -0.3 is 19.9 Å². The van der Waals surface area contributed by atoms with E-state index in [9.17, 15) is 14.4 Å². The largest absolute Gasteiger partial charge is 0.467 e. The average Bonchev–Trinajstić information content (AvgIpc) is 2.96. The number of nitrogens with one attached hydrogen (secondary N) is 1. The van der Waals surface area contributed by atoms with Crippen LogP contribution in [0.1, 0.15) is 47.7 Å². The van der Waals surface area contributed by atoms with Crippen LogP contribution in [0, 0.1) is 0 Å². The molecule has 1 fully saturated rings. The minimum absolute atomic E-state index is 0.0391. The van der Waals surface area contributed by atoms with Crippen molar-refractivity contribution in [3.63, 3.8) is 0 Å². The molecule has 1 spiro atoms. The Morgan fingerprint density at radius 3 is 2.59 bits per heavy atom. The molecule has 2 unspecified atom stereocenters. The lowest BCUT2D eigenvalue weighted by atomic mass is 9.99. The van der Waals surface area contributed by atoms with Crippen LogP contribution in [0.15, 0.2) is 48.5 Å². The molecule has 2 aromatic rings. The van der Waals surface area contributed by atoms with E-state index in [0.717, 1.165) is 12.0 Å². The van der Waals surface area contributed by atoms with E-state index in [4.69, 9.17) is 4.74 Å². The number of likely N-dealkylation sites (tertiary alicyclic amines) is 1. The second-order valence-electron chi connectivity index (χ2n) is 8.84. The van der Waals surface area contributed by atoms with Crippen LogP contribution in [0.4, 0.5) is 0 Å². The van der Waals surface area contributed by atoms with Crippen LogP contribution in [-0.4, -0.2) is 52.4 Å². The molecule has 3 aliphatic heterocycles. The normalized spacial score (nSPS) is 23.5. The van der Waals surface area contributed by atoms with Crippen LogP contribution in [0.5, 0.6) is 5.75 Å². The van der Waals surface area contributed by atoms with E-state index in [2.05, 4.69) is 17.4 Å². The van der Waals surface area contributed by atoms with Crippen LogP contribution >= 0.6 is 0 Å². The summed E-state index contributed by atoms with van der Waals surface area (Å²) in [5, 5.41) is 2.98. The fraction of sp³-hybridized carbons (Fsp3) is 0.400. The number of nitrogens with zero attached hydrogens (tertiary/aromatic N) is 2. The van der Waals surface area contributed by atoms with E-state index in [1.807, 2.05) is 23.1 Å². The number of fused-ring (bicyclic) bond motifs is 2. The molecule has 0 saturated carbocycles. The molecule has 0 radical (unpaired) electrons.